The molecule has 2 bridgehead atoms. The highest BCUT2D eigenvalue weighted by Crippen LogP contribution is 2.42. The molecular formula is C48H58N4O6. The van der Waals surface area contributed by atoms with Gasteiger partial charge in [-0.3, -0.25) is 14.6 Å². The van der Waals surface area contributed by atoms with Gasteiger partial charge in [0.1, 0.15) is 11.5 Å². The average Bonchev–Trinajstić information content (AvgIpc) is 3.45. The number of rotatable bonds is 20. The number of carboxylic acid groups (broad SMARTS) is 1. The van der Waals surface area contributed by atoms with Gasteiger partial charge >= 0.3 is 6.09 Å². The first-order valence-electron chi connectivity index (χ1n) is 21.2. The molecule has 2 saturated heterocycles. The second-order valence-electron chi connectivity index (χ2n) is 16.1. The lowest BCUT2D eigenvalue weighted by Crippen LogP contribution is -2.52. The van der Waals surface area contributed by atoms with Crippen LogP contribution >= 0.6 is 0 Å². The molecule has 2 aliphatic rings. The van der Waals surface area contributed by atoms with Gasteiger partial charge in [0.2, 0.25) is 5.56 Å². The Bertz CT molecular complexity index is 2110. The summed E-state index contributed by atoms with van der Waals surface area (Å²) >= 11 is 0. The number of nitrogens with zero attached hydrogens (tertiary/aromatic N) is 2. The van der Waals surface area contributed by atoms with Crippen LogP contribution in [0, 0.1) is 0 Å². The number of aromatic nitrogens is 1. The fraction of sp³-hybridized carbons (Fsp3) is 0.417. The predicted octanol–water partition coefficient (Wildman–Crippen LogP) is 8.93. The third-order valence-corrected chi connectivity index (χ3v) is 12.1. The Hall–Kier alpha value is -5.16. The molecule has 4 aromatic carbocycles. The van der Waals surface area contributed by atoms with E-state index in [1.807, 2.05) is 54.6 Å². The van der Waals surface area contributed by atoms with Crippen molar-refractivity contribution in [3.8, 4) is 11.5 Å². The second-order valence-corrected chi connectivity index (χ2v) is 16.1. The highest BCUT2D eigenvalue weighted by atomic mass is 16.5. The maximum Gasteiger partial charge on any atom is 0.408 e. The third-order valence-electron chi connectivity index (χ3n) is 12.1. The van der Waals surface area contributed by atoms with E-state index < -0.39 is 18.2 Å². The molecule has 1 aromatic heterocycles. The van der Waals surface area contributed by atoms with Gasteiger partial charge in [-0.1, -0.05) is 111 Å². The van der Waals surface area contributed by atoms with Crippen LogP contribution in [-0.2, 0) is 6.54 Å². The number of hydrogen-bond acceptors (Lipinski definition) is 7. The van der Waals surface area contributed by atoms with Gasteiger partial charge in [0.15, 0.2) is 0 Å². The van der Waals surface area contributed by atoms with Gasteiger partial charge in [-0.2, -0.15) is 0 Å². The third kappa shape index (κ3) is 10.3. The summed E-state index contributed by atoms with van der Waals surface area (Å²) < 4.78 is 6.26. The number of aromatic amines is 1. The monoisotopic (exact) mass is 786 g/mol. The molecule has 5 aromatic rings. The number of ether oxygens (including phenoxy) is 1. The van der Waals surface area contributed by atoms with Gasteiger partial charge in [-0.05, 0) is 91.6 Å². The van der Waals surface area contributed by atoms with Crippen molar-refractivity contribution in [1.82, 2.24) is 20.1 Å². The zero-order valence-corrected chi connectivity index (χ0v) is 33.3. The van der Waals surface area contributed by atoms with E-state index in [0.29, 0.717) is 41.7 Å². The van der Waals surface area contributed by atoms with Crippen LogP contribution in [0.2, 0.25) is 0 Å². The number of nitrogens with one attached hydrogen (secondary N) is 2. The standard InChI is InChI=1S/C48H58N4O6/c53-43-25-23-41(42-24-26-45(55)50-46(42)43)44(54)32-49-27-12-4-2-1-3-5-13-28-58-40-20-14-19-36(29-40)47(35-17-10-7-11-18-35)52(48(56)57)39-30-37-21-22-38(31-39)51(37)33-34-15-8-6-9-16-34/h6-11,14-20,23-26,29,37-39,44,47,49,53-54H,1-5,12-13,21-22,27-28,30-33H2,(H,50,55)(H,56,57)/t37?,38?,39?,44-,47?/m0/s1. The minimum Gasteiger partial charge on any atom is -0.506 e. The number of phenols is 1. The van der Waals surface area contributed by atoms with Crippen molar-refractivity contribution in [2.45, 2.75) is 107 Å². The molecular weight excluding hydrogens is 729 g/mol. The summed E-state index contributed by atoms with van der Waals surface area (Å²) in [6, 6.07) is 35.2. The molecule has 306 valence electrons. The van der Waals surface area contributed by atoms with Crippen LogP contribution in [0.25, 0.3) is 10.9 Å². The maximum atomic E-state index is 13.2. The SMILES string of the molecule is O=C(O)N(C1CC2CCC(C1)N2Cc1ccccc1)C(c1ccccc1)c1cccc(OCCCCCCCCCNC[C@H](O)c2ccc(O)c3[nH]c(=O)ccc23)c1. The molecule has 4 atom stereocenters. The molecule has 3 heterocycles. The topological polar surface area (TPSA) is 138 Å². The summed E-state index contributed by atoms with van der Waals surface area (Å²) in [5.41, 5.74) is 3.93. The Morgan fingerprint density at radius 2 is 1.48 bits per heavy atom. The van der Waals surface area contributed by atoms with E-state index in [9.17, 15) is 24.9 Å². The normalized spacial score (nSPS) is 18.9. The number of phenolic OH excluding ortho intramolecular Hbond substituents is 1. The summed E-state index contributed by atoms with van der Waals surface area (Å²) in [4.78, 5) is 31.9. The smallest absolute Gasteiger partial charge is 0.408 e. The number of carbonyl (C=O) groups is 1. The largest absolute Gasteiger partial charge is 0.506 e. The van der Waals surface area contributed by atoms with Gasteiger partial charge in [0.05, 0.1) is 24.3 Å². The Kier molecular flexibility index (Phi) is 14.1. The minimum absolute atomic E-state index is 0.0133. The number of aliphatic hydroxyl groups excluding tert-OH is 1. The molecule has 7 rings (SSSR count). The molecule has 2 aliphatic heterocycles. The fourth-order valence-corrected chi connectivity index (χ4v) is 9.25. The van der Waals surface area contributed by atoms with Crippen LogP contribution in [-0.4, -0.2) is 74.0 Å². The number of H-pyrrole nitrogens is 1. The van der Waals surface area contributed by atoms with Crippen molar-refractivity contribution >= 4 is 17.0 Å². The minimum atomic E-state index is -0.879. The van der Waals surface area contributed by atoms with Crippen LogP contribution < -0.4 is 15.6 Å². The number of aliphatic hydroxyl groups is 1. The van der Waals surface area contributed by atoms with Crippen molar-refractivity contribution in [1.29, 1.82) is 0 Å². The van der Waals surface area contributed by atoms with E-state index in [4.69, 9.17) is 4.74 Å². The highest BCUT2D eigenvalue weighted by molar-refractivity contribution is 5.87. The van der Waals surface area contributed by atoms with E-state index in [2.05, 4.69) is 45.5 Å². The molecule has 2 fully saturated rings. The first-order chi connectivity index (χ1) is 28.4. The first kappa shape index (κ1) is 41.0. The van der Waals surface area contributed by atoms with Crippen LogP contribution in [0.1, 0.15) is 105 Å². The number of unbranched alkanes of at least 4 members (excludes halogenated alkanes) is 6. The Balaban J connectivity index is 0.845. The van der Waals surface area contributed by atoms with Crippen LogP contribution in [0.15, 0.2) is 114 Å². The van der Waals surface area contributed by atoms with Crippen molar-refractivity contribution < 1.29 is 24.9 Å². The summed E-state index contributed by atoms with van der Waals surface area (Å²) in [6.45, 7) is 2.73. The number of hydrogen-bond donors (Lipinski definition) is 5. The van der Waals surface area contributed by atoms with Crippen LogP contribution in [0.4, 0.5) is 4.79 Å². The van der Waals surface area contributed by atoms with Gasteiger partial charge in [-0.25, -0.2) is 4.79 Å². The van der Waals surface area contributed by atoms with E-state index in [1.54, 1.807) is 17.0 Å². The zero-order chi connectivity index (χ0) is 40.3. The molecule has 1 amide bonds. The molecule has 10 heteroatoms. The summed E-state index contributed by atoms with van der Waals surface area (Å²) in [6.07, 6.45) is 9.88. The van der Waals surface area contributed by atoms with Gasteiger partial charge < -0.3 is 30.4 Å². The summed E-state index contributed by atoms with van der Waals surface area (Å²) in [5.74, 6) is 0.758. The van der Waals surface area contributed by atoms with E-state index in [0.717, 1.165) is 101 Å². The molecule has 3 unspecified atom stereocenters. The second kappa shape index (κ2) is 20.0. The molecule has 5 N–H and O–H groups in total. The lowest BCUT2D eigenvalue weighted by atomic mass is 9.90. The Labute approximate surface area is 341 Å². The number of fused-ring (bicyclic) bond motifs is 3. The first-order valence-corrected chi connectivity index (χ1v) is 21.2. The van der Waals surface area contributed by atoms with Gasteiger partial charge in [0, 0.05) is 42.7 Å². The highest BCUT2D eigenvalue weighted by Gasteiger charge is 2.45. The van der Waals surface area contributed by atoms with Crippen molar-refractivity contribution in [2.24, 2.45) is 0 Å². The van der Waals surface area contributed by atoms with Crippen molar-refractivity contribution in [3.05, 3.63) is 142 Å². The number of aromatic hydroxyl groups is 1. The van der Waals surface area contributed by atoms with Crippen LogP contribution in [0.3, 0.4) is 0 Å². The number of piperidine rings is 1. The van der Waals surface area contributed by atoms with E-state index >= 15 is 0 Å². The maximum absolute atomic E-state index is 13.2. The number of amides is 1. The number of pyridine rings is 1. The van der Waals surface area contributed by atoms with Crippen molar-refractivity contribution in [3.63, 3.8) is 0 Å². The zero-order valence-electron chi connectivity index (χ0n) is 33.3. The molecule has 0 aliphatic carbocycles. The van der Waals surface area contributed by atoms with E-state index in [-0.39, 0.29) is 17.4 Å². The average molecular weight is 787 g/mol. The van der Waals surface area contributed by atoms with Crippen LogP contribution in [0.5, 0.6) is 11.5 Å². The molecule has 0 spiro atoms. The lowest BCUT2D eigenvalue weighted by Gasteiger charge is -2.45. The molecule has 0 saturated carbocycles. The lowest BCUT2D eigenvalue weighted by molar-refractivity contribution is 0.0408. The van der Waals surface area contributed by atoms with Gasteiger partial charge in [-0.15, -0.1) is 0 Å². The predicted molar refractivity (Wildman–Crippen MR) is 228 cm³/mol. The Morgan fingerprint density at radius 3 is 2.21 bits per heavy atom. The summed E-state index contributed by atoms with van der Waals surface area (Å²) in [7, 11) is 0. The van der Waals surface area contributed by atoms with Gasteiger partial charge in [0.25, 0.3) is 0 Å². The van der Waals surface area contributed by atoms with Crippen molar-refractivity contribution in [2.75, 3.05) is 19.7 Å². The fourth-order valence-electron chi connectivity index (χ4n) is 9.25. The molecule has 58 heavy (non-hydrogen) atoms. The van der Waals surface area contributed by atoms with E-state index in [1.165, 1.54) is 17.7 Å². The Morgan fingerprint density at radius 1 is 0.810 bits per heavy atom. The molecule has 0 radical (unpaired) electrons. The quantitative estimate of drug-likeness (QED) is 0.0494. The number of benzene rings is 4. The molecule has 10 nitrogen and oxygen atoms in total. The summed E-state index contributed by atoms with van der Waals surface area (Å²) in [5, 5.41) is 35.7.